The normalized spacial score (nSPS) is 28.9. The van der Waals surface area contributed by atoms with Gasteiger partial charge in [0.05, 0.1) is 0 Å². The standard InChI is InChI=1S/C10H18N2/c1-11-6-5-9(7-11)8-12(2)10-3-4-10/h5-6,9-10H,3-4,7-8H2,1-2H3/t9-/m1/s1. The molecule has 1 heterocycles. The minimum atomic E-state index is 0.764. The van der Waals surface area contributed by atoms with Crippen molar-refractivity contribution in [2.24, 2.45) is 5.92 Å². The Morgan fingerprint density at radius 3 is 2.75 bits per heavy atom. The first-order chi connectivity index (χ1) is 5.75. The number of hydrogen-bond donors (Lipinski definition) is 0. The molecule has 0 saturated heterocycles. The highest BCUT2D eigenvalue weighted by atomic mass is 15.2. The lowest BCUT2D eigenvalue weighted by molar-refractivity contribution is 0.276. The fourth-order valence-corrected chi connectivity index (χ4v) is 1.91. The second-order valence-corrected chi connectivity index (χ2v) is 4.21. The van der Waals surface area contributed by atoms with Crippen LogP contribution < -0.4 is 0 Å². The van der Waals surface area contributed by atoms with Crippen LogP contribution in [0.1, 0.15) is 12.8 Å². The van der Waals surface area contributed by atoms with Gasteiger partial charge in [-0.1, -0.05) is 6.08 Å². The minimum absolute atomic E-state index is 0.764. The first kappa shape index (κ1) is 8.11. The molecule has 68 valence electrons. The third-order valence-corrected chi connectivity index (χ3v) is 2.83. The molecular formula is C10H18N2. The van der Waals surface area contributed by atoms with Crippen LogP contribution in [0, 0.1) is 5.92 Å². The number of hydrogen-bond acceptors (Lipinski definition) is 2. The summed E-state index contributed by atoms with van der Waals surface area (Å²) in [6.45, 7) is 2.45. The second-order valence-electron chi connectivity index (χ2n) is 4.21. The van der Waals surface area contributed by atoms with Gasteiger partial charge in [0.25, 0.3) is 0 Å². The van der Waals surface area contributed by atoms with Crippen LogP contribution in [0.4, 0.5) is 0 Å². The van der Waals surface area contributed by atoms with E-state index >= 15 is 0 Å². The minimum Gasteiger partial charge on any atom is -0.380 e. The molecule has 2 rings (SSSR count). The lowest BCUT2D eigenvalue weighted by Crippen LogP contribution is -2.29. The Labute approximate surface area is 74.8 Å². The van der Waals surface area contributed by atoms with Crippen LogP contribution in [0.3, 0.4) is 0 Å². The highest BCUT2D eigenvalue weighted by molar-refractivity contribution is 4.98. The summed E-state index contributed by atoms with van der Waals surface area (Å²) in [5.41, 5.74) is 0. The van der Waals surface area contributed by atoms with Crippen molar-refractivity contribution in [3.8, 4) is 0 Å². The van der Waals surface area contributed by atoms with Crippen molar-refractivity contribution in [1.82, 2.24) is 9.80 Å². The van der Waals surface area contributed by atoms with E-state index in [0.717, 1.165) is 12.0 Å². The summed E-state index contributed by atoms with van der Waals surface area (Å²) in [4.78, 5) is 4.78. The molecule has 1 aliphatic carbocycles. The zero-order valence-electron chi connectivity index (χ0n) is 8.03. The molecule has 0 aromatic rings. The fourth-order valence-electron chi connectivity index (χ4n) is 1.91. The Bertz CT molecular complexity index is 184. The SMILES string of the molecule is CN1C=C[C@@H](CN(C)C2CC2)C1. The molecule has 1 atom stereocenters. The van der Waals surface area contributed by atoms with Gasteiger partial charge in [0, 0.05) is 32.1 Å². The Morgan fingerprint density at radius 2 is 2.25 bits per heavy atom. The van der Waals surface area contributed by atoms with E-state index in [-0.39, 0.29) is 0 Å². The van der Waals surface area contributed by atoms with Gasteiger partial charge in [0.1, 0.15) is 0 Å². The maximum absolute atomic E-state index is 2.51. The average Bonchev–Trinajstić information content (AvgIpc) is 2.78. The third kappa shape index (κ3) is 1.81. The van der Waals surface area contributed by atoms with Gasteiger partial charge in [-0.05, 0) is 26.1 Å². The molecule has 1 fully saturated rings. The highest BCUT2D eigenvalue weighted by Gasteiger charge is 2.27. The maximum Gasteiger partial charge on any atom is 0.0245 e. The van der Waals surface area contributed by atoms with E-state index in [4.69, 9.17) is 0 Å². The smallest absolute Gasteiger partial charge is 0.0245 e. The van der Waals surface area contributed by atoms with Gasteiger partial charge in [-0.2, -0.15) is 0 Å². The van der Waals surface area contributed by atoms with E-state index in [1.807, 2.05) is 0 Å². The largest absolute Gasteiger partial charge is 0.380 e. The van der Waals surface area contributed by atoms with Crippen LogP contribution in [0.2, 0.25) is 0 Å². The summed E-state index contributed by atoms with van der Waals surface area (Å²) in [5, 5.41) is 0. The van der Waals surface area contributed by atoms with Crippen LogP contribution in [-0.4, -0.2) is 43.0 Å². The predicted molar refractivity (Wildman–Crippen MR) is 50.9 cm³/mol. The van der Waals surface area contributed by atoms with Gasteiger partial charge in [0.15, 0.2) is 0 Å². The Kier molecular flexibility index (Phi) is 2.09. The molecule has 2 aliphatic rings. The van der Waals surface area contributed by atoms with Crippen LogP contribution in [-0.2, 0) is 0 Å². The van der Waals surface area contributed by atoms with Gasteiger partial charge >= 0.3 is 0 Å². The van der Waals surface area contributed by atoms with Gasteiger partial charge in [-0.15, -0.1) is 0 Å². The van der Waals surface area contributed by atoms with Crippen LogP contribution in [0.5, 0.6) is 0 Å². The van der Waals surface area contributed by atoms with E-state index in [0.29, 0.717) is 0 Å². The van der Waals surface area contributed by atoms with E-state index < -0.39 is 0 Å². The zero-order valence-corrected chi connectivity index (χ0v) is 8.03. The molecule has 0 aromatic heterocycles. The summed E-state index contributed by atoms with van der Waals surface area (Å²) >= 11 is 0. The fraction of sp³-hybridized carbons (Fsp3) is 0.800. The van der Waals surface area contributed by atoms with Crippen molar-refractivity contribution in [2.45, 2.75) is 18.9 Å². The van der Waals surface area contributed by atoms with Crippen molar-refractivity contribution < 1.29 is 0 Å². The van der Waals surface area contributed by atoms with E-state index in [1.54, 1.807) is 0 Å². The summed E-state index contributed by atoms with van der Waals surface area (Å²) in [5.74, 6) is 0.764. The van der Waals surface area contributed by atoms with Crippen LogP contribution >= 0.6 is 0 Å². The zero-order chi connectivity index (χ0) is 8.55. The molecule has 0 aromatic carbocycles. The summed E-state index contributed by atoms with van der Waals surface area (Å²) in [7, 11) is 4.40. The van der Waals surface area contributed by atoms with Crippen molar-refractivity contribution in [3.63, 3.8) is 0 Å². The molecule has 2 nitrogen and oxygen atoms in total. The quantitative estimate of drug-likeness (QED) is 0.620. The van der Waals surface area contributed by atoms with E-state index in [1.165, 1.54) is 25.9 Å². The molecule has 0 radical (unpaired) electrons. The lowest BCUT2D eigenvalue weighted by atomic mass is 10.1. The van der Waals surface area contributed by atoms with Gasteiger partial charge in [-0.3, -0.25) is 0 Å². The Morgan fingerprint density at radius 1 is 1.50 bits per heavy atom. The molecule has 12 heavy (non-hydrogen) atoms. The van der Waals surface area contributed by atoms with Crippen molar-refractivity contribution >= 4 is 0 Å². The van der Waals surface area contributed by atoms with Crippen LogP contribution in [0.25, 0.3) is 0 Å². The molecule has 0 amide bonds. The molecule has 0 N–H and O–H groups in total. The van der Waals surface area contributed by atoms with E-state index in [2.05, 4.69) is 36.2 Å². The van der Waals surface area contributed by atoms with Gasteiger partial charge < -0.3 is 9.80 Å². The first-order valence-electron chi connectivity index (χ1n) is 4.84. The maximum atomic E-state index is 2.51. The number of rotatable bonds is 3. The average molecular weight is 166 g/mol. The van der Waals surface area contributed by atoms with Gasteiger partial charge in [-0.25, -0.2) is 0 Å². The molecule has 0 bridgehead atoms. The highest BCUT2D eigenvalue weighted by Crippen LogP contribution is 2.26. The lowest BCUT2D eigenvalue weighted by Gasteiger charge is -2.20. The molecular weight excluding hydrogens is 148 g/mol. The van der Waals surface area contributed by atoms with Crippen molar-refractivity contribution in [3.05, 3.63) is 12.3 Å². The predicted octanol–water partition coefficient (Wildman–Crippen LogP) is 1.16. The van der Waals surface area contributed by atoms with E-state index in [9.17, 15) is 0 Å². The molecule has 1 saturated carbocycles. The Balaban J connectivity index is 1.75. The summed E-state index contributed by atoms with van der Waals surface area (Å²) in [6.07, 6.45) is 7.37. The molecule has 2 heteroatoms. The monoisotopic (exact) mass is 166 g/mol. The van der Waals surface area contributed by atoms with Crippen LogP contribution in [0.15, 0.2) is 12.3 Å². The van der Waals surface area contributed by atoms with Gasteiger partial charge in [0.2, 0.25) is 0 Å². The topological polar surface area (TPSA) is 6.48 Å². The molecule has 0 spiro atoms. The summed E-state index contributed by atoms with van der Waals surface area (Å²) in [6, 6.07) is 0.907. The molecule has 0 unspecified atom stereocenters. The third-order valence-electron chi connectivity index (χ3n) is 2.83. The van der Waals surface area contributed by atoms with Crippen molar-refractivity contribution in [1.29, 1.82) is 0 Å². The summed E-state index contributed by atoms with van der Waals surface area (Å²) < 4.78 is 0. The molecule has 1 aliphatic heterocycles. The number of nitrogens with zero attached hydrogens (tertiary/aromatic N) is 2. The second kappa shape index (κ2) is 3.09. The first-order valence-corrected chi connectivity index (χ1v) is 4.84. The van der Waals surface area contributed by atoms with Crippen molar-refractivity contribution in [2.75, 3.05) is 27.2 Å². The Hall–Kier alpha value is -0.500.